The Labute approximate surface area is 117 Å². The molecule has 1 N–H and O–H groups in total. The predicted molar refractivity (Wildman–Crippen MR) is 75.4 cm³/mol. The van der Waals surface area contributed by atoms with Crippen LogP contribution in [0.5, 0.6) is 0 Å². The molecular formula is C12H10BrN3O3. The molecule has 7 heteroatoms. The van der Waals surface area contributed by atoms with Gasteiger partial charge in [0.05, 0.1) is 15.3 Å². The van der Waals surface area contributed by atoms with Crippen molar-refractivity contribution in [1.82, 2.24) is 4.98 Å². The van der Waals surface area contributed by atoms with Crippen molar-refractivity contribution in [3.63, 3.8) is 0 Å². The van der Waals surface area contributed by atoms with Crippen molar-refractivity contribution in [2.24, 2.45) is 0 Å². The number of hydrogen-bond donors (Lipinski definition) is 1. The van der Waals surface area contributed by atoms with Crippen molar-refractivity contribution in [2.75, 3.05) is 5.32 Å². The summed E-state index contributed by atoms with van der Waals surface area (Å²) >= 11 is 3.13. The zero-order chi connectivity index (χ0) is 14.0. The summed E-state index contributed by atoms with van der Waals surface area (Å²) in [5.41, 5.74) is 0.611. The van der Waals surface area contributed by atoms with Gasteiger partial charge in [-0.15, -0.1) is 0 Å². The summed E-state index contributed by atoms with van der Waals surface area (Å²) in [6, 6.07) is 6.24. The lowest BCUT2D eigenvalue weighted by atomic mass is 10.1. The molecule has 98 valence electrons. The lowest BCUT2D eigenvalue weighted by Crippen LogP contribution is -2.20. The summed E-state index contributed by atoms with van der Waals surface area (Å²) in [6.45, 7) is 1.64. The molecule has 0 bridgehead atoms. The summed E-state index contributed by atoms with van der Waals surface area (Å²) < 4.78 is 0. The third-order valence-electron chi connectivity index (χ3n) is 2.57. The molecule has 0 aliphatic heterocycles. The van der Waals surface area contributed by atoms with Crippen LogP contribution in [0.1, 0.15) is 6.92 Å². The van der Waals surface area contributed by atoms with Gasteiger partial charge in [0, 0.05) is 17.6 Å². The van der Waals surface area contributed by atoms with Crippen LogP contribution < -0.4 is 5.32 Å². The molecule has 0 spiro atoms. The van der Waals surface area contributed by atoms with Gasteiger partial charge in [-0.1, -0.05) is 15.9 Å². The minimum atomic E-state index is -0.527. The van der Waals surface area contributed by atoms with Crippen molar-refractivity contribution in [3.05, 3.63) is 40.6 Å². The van der Waals surface area contributed by atoms with E-state index >= 15 is 0 Å². The Morgan fingerprint density at radius 2 is 2.21 bits per heavy atom. The van der Waals surface area contributed by atoms with Crippen LogP contribution >= 0.6 is 15.9 Å². The molecule has 0 radical (unpaired) electrons. The minimum Gasteiger partial charge on any atom is -0.319 e. The Hall–Kier alpha value is -2.02. The van der Waals surface area contributed by atoms with Crippen molar-refractivity contribution < 1.29 is 9.72 Å². The molecule has 1 heterocycles. The first-order valence-electron chi connectivity index (χ1n) is 5.47. The van der Waals surface area contributed by atoms with E-state index < -0.39 is 9.75 Å². The number of halogens is 1. The number of nitro benzene ring substituents is 1. The maximum atomic E-state index is 11.7. The average molecular weight is 324 g/mol. The Bertz CT molecular complexity index is 658. The highest BCUT2D eigenvalue weighted by molar-refractivity contribution is 9.10. The van der Waals surface area contributed by atoms with E-state index in [4.69, 9.17) is 0 Å². The molecule has 1 amide bonds. The van der Waals surface area contributed by atoms with Crippen LogP contribution in [0.4, 0.5) is 11.4 Å². The van der Waals surface area contributed by atoms with Crippen LogP contribution in [0.25, 0.3) is 10.9 Å². The van der Waals surface area contributed by atoms with E-state index in [-0.39, 0.29) is 17.3 Å². The number of nitro groups is 1. The van der Waals surface area contributed by atoms with Gasteiger partial charge in [-0.05, 0) is 25.1 Å². The summed E-state index contributed by atoms with van der Waals surface area (Å²) in [4.78, 5) is 25.9. The molecule has 2 rings (SSSR count). The lowest BCUT2D eigenvalue weighted by molar-refractivity contribution is -0.383. The molecule has 0 aliphatic rings. The van der Waals surface area contributed by atoms with Crippen LogP contribution in [0.15, 0.2) is 30.5 Å². The number of alkyl halides is 1. The lowest BCUT2D eigenvalue weighted by Gasteiger charge is -2.10. The summed E-state index contributed by atoms with van der Waals surface area (Å²) in [7, 11) is 0. The van der Waals surface area contributed by atoms with Crippen LogP contribution in [-0.4, -0.2) is 20.6 Å². The first-order valence-corrected chi connectivity index (χ1v) is 6.39. The van der Waals surface area contributed by atoms with E-state index in [2.05, 4.69) is 26.2 Å². The number of carbonyl (C=O) groups is 1. The Morgan fingerprint density at radius 3 is 2.84 bits per heavy atom. The summed E-state index contributed by atoms with van der Waals surface area (Å²) in [5, 5.41) is 14.1. The molecule has 2 aromatic rings. The molecule has 19 heavy (non-hydrogen) atoms. The summed E-state index contributed by atoms with van der Waals surface area (Å²) in [6.07, 6.45) is 1.59. The SMILES string of the molecule is CC(Br)C(=O)Nc1c([N+](=O)[O-])ccc2ncccc12. The van der Waals surface area contributed by atoms with Gasteiger partial charge >= 0.3 is 0 Å². The maximum Gasteiger partial charge on any atom is 0.293 e. The van der Waals surface area contributed by atoms with Gasteiger partial charge in [-0.25, -0.2) is 0 Å². The van der Waals surface area contributed by atoms with E-state index in [0.717, 1.165) is 0 Å². The van der Waals surface area contributed by atoms with Crippen molar-refractivity contribution in [2.45, 2.75) is 11.8 Å². The predicted octanol–water partition coefficient (Wildman–Crippen LogP) is 2.86. The molecule has 0 saturated carbocycles. The standard InChI is InChI=1S/C12H10BrN3O3/c1-7(13)12(17)15-11-8-3-2-6-14-9(8)4-5-10(11)16(18)19/h2-7H,1H3,(H,15,17). The number of aromatic nitrogens is 1. The monoisotopic (exact) mass is 323 g/mol. The van der Waals surface area contributed by atoms with Crippen molar-refractivity contribution >= 4 is 44.1 Å². The number of benzene rings is 1. The third-order valence-corrected chi connectivity index (χ3v) is 2.99. The Morgan fingerprint density at radius 1 is 1.47 bits per heavy atom. The van der Waals surface area contributed by atoms with Crippen LogP contribution in [0, 0.1) is 10.1 Å². The Balaban J connectivity index is 2.62. The molecule has 1 atom stereocenters. The van der Waals surface area contributed by atoms with Crippen molar-refractivity contribution in [1.29, 1.82) is 0 Å². The van der Waals surface area contributed by atoms with Gasteiger partial charge in [0.25, 0.3) is 5.69 Å². The van der Waals surface area contributed by atoms with Crippen LogP contribution in [0.2, 0.25) is 0 Å². The topological polar surface area (TPSA) is 85.1 Å². The van der Waals surface area contributed by atoms with Gasteiger partial charge in [-0.2, -0.15) is 0 Å². The van der Waals surface area contributed by atoms with Gasteiger partial charge in [0.15, 0.2) is 0 Å². The average Bonchev–Trinajstić information content (AvgIpc) is 2.38. The van der Waals surface area contributed by atoms with Gasteiger partial charge in [0.2, 0.25) is 5.91 Å². The molecule has 1 aromatic heterocycles. The number of hydrogen-bond acceptors (Lipinski definition) is 4. The highest BCUT2D eigenvalue weighted by atomic mass is 79.9. The number of rotatable bonds is 3. The third kappa shape index (κ3) is 2.70. The van der Waals surface area contributed by atoms with Crippen LogP contribution in [-0.2, 0) is 4.79 Å². The molecule has 0 fully saturated rings. The fraction of sp³-hybridized carbons (Fsp3) is 0.167. The first kappa shape index (κ1) is 13.4. The highest BCUT2D eigenvalue weighted by Gasteiger charge is 2.20. The normalized spacial score (nSPS) is 12.1. The molecular weight excluding hydrogens is 314 g/mol. The molecule has 1 unspecified atom stereocenters. The van der Waals surface area contributed by atoms with E-state index in [1.165, 1.54) is 6.07 Å². The molecule has 6 nitrogen and oxygen atoms in total. The van der Waals surface area contributed by atoms with Crippen molar-refractivity contribution in [3.8, 4) is 0 Å². The van der Waals surface area contributed by atoms with E-state index in [1.54, 1.807) is 31.3 Å². The number of fused-ring (bicyclic) bond motifs is 1. The highest BCUT2D eigenvalue weighted by Crippen LogP contribution is 2.32. The second-order valence-corrected chi connectivity index (χ2v) is 5.27. The number of amides is 1. The van der Waals surface area contributed by atoms with Gasteiger partial charge < -0.3 is 5.32 Å². The molecule has 1 aromatic carbocycles. The fourth-order valence-electron chi connectivity index (χ4n) is 1.65. The minimum absolute atomic E-state index is 0.151. The first-order chi connectivity index (χ1) is 9.00. The van der Waals surface area contributed by atoms with Gasteiger partial charge in [0.1, 0.15) is 5.69 Å². The molecule has 0 aliphatic carbocycles. The quantitative estimate of drug-likeness (QED) is 0.534. The second kappa shape index (κ2) is 5.31. The number of anilines is 1. The second-order valence-electron chi connectivity index (χ2n) is 3.89. The maximum absolute atomic E-state index is 11.7. The zero-order valence-corrected chi connectivity index (χ0v) is 11.5. The summed E-state index contributed by atoms with van der Waals surface area (Å²) in [5.74, 6) is -0.348. The Kier molecular flexibility index (Phi) is 3.75. The zero-order valence-electron chi connectivity index (χ0n) is 9.96. The smallest absolute Gasteiger partial charge is 0.293 e. The van der Waals surface area contributed by atoms with Crippen LogP contribution in [0.3, 0.4) is 0 Å². The number of carbonyl (C=O) groups excluding carboxylic acids is 1. The largest absolute Gasteiger partial charge is 0.319 e. The van der Waals surface area contributed by atoms with E-state index in [0.29, 0.717) is 10.9 Å². The van der Waals surface area contributed by atoms with Gasteiger partial charge in [-0.3, -0.25) is 19.9 Å². The number of nitrogens with one attached hydrogen (secondary N) is 1. The van der Waals surface area contributed by atoms with E-state index in [1.807, 2.05) is 0 Å². The fourth-order valence-corrected chi connectivity index (χ4v) is 1.76. The molecule has 0 saturated heterocycles. The number of pyridine rings is 1. The number of nitrogens with zero attached hydrogens (tertiary/aromatic N) is 2. The van der Waals surface area contributed by atoms with E-state index in [9.17, 15) is 14.9 Å².